The zero-order valence-corrected chi connectivity index (χ0v) is 22.8. The van der Waals surface area contributed by atoms with Gasteiger partial charge >= 0.3 is 36.4 Å². The number of hydrogen-bond acceptors (Lipinski definition) is 8. The van der Waals surface area contributed by atoms with Crippen molar-refractivity contribution in [2.45, 2.75) is 56.0 Å². The van der Waals surface area contributed by atoms with E-state index < -0.39 is 36.4 Å². The summed E-state index contributed by atoms with van der Waals surface area (Å²) in [6.07, 6.45) is -8.44. The Balaban J connectivity index is 0.000000396. The van der Waals surface area contributed by atoms with Crippen LogP contribution in [0.2, 0.25) is 0 Å². The Hall–Kier alpha value is -4.20. The maximum atomic E-state index is 10.6. The molecule has 0 aliphatic carbocycles. The van der Waals surface area contributed by atoms with Gasteiger partial charge in [-0.3, -0.25) is 9.88 Å². The number of rotatable bonds is 4. The van der Waals surface area contributed by atoms with E-state index in [2.05, 4.69) is 20.9 Å². The highest BCUT2D eigenvalue weighted by Crippen LogP contribution is 2.37. The molecule has 2 aliphatic rings. The fraction of sp³-hybridized carbons (Fsp3) is 0.480. The van der Waals surface area contributed by atoms with E-state index in [1.165, 1.54) is 0 Å². The largest absolute Gasteiger partial charge is 0.490 e. The van der Waals surface area contributed by atoms with Crippen molar-refractivity contribution in [3.63, 3.8) is 0 Å². The van der Waals surface area contributed by atoms with Crippen molar-refractivity contribution < 1.29 is 78.7 Å². The summed E-state index contributed by atoms with van der Waals surface area (Å²) in [4.78, 5) is 37.8. The van der Waals surface area contributed by atoms with Crippen molar-refractivity contribution in [2.75, 3.05) is 19.7 Å². The third kappa shape index (κ3) is 15.4. The number of piperidine rings is 1. The number of carboxylic acids is 3. The number of aromatic nitrogens is 2. The van der Waals surface area contributed by atoms with Crippen LogP contribution in [-0.4, -0.2) is 98.0 Å². The van der Waals surface area contributed by atoms with Crippen LogP contribution < -0.4 is 4.74 Å². The Morgan fingerprint density at radius 1 is 0.800 bits per heavy atom. The molecule has 45 heavy (non-hydrogen) atoms. The molecule has 2 saturated heterocycles. The molecule has 252 valence electrons. The van der Waals surface area contributed by atoms with Gasteiger partial charge in [-0.15, -0.1) is 0 Å². The molecule has 3 N–H and O–H groups in total. The third-order valence-electron chi connectivity index (χ3n) is 5.71. The van der Waals surface area contributed by atoms with Crippen LogP contribution in [0.3, 0.4) is 0 Å². The number of aliphatic carboxylic acids is 3. The van der Waals surface area contributed by atoms with Crippen molar-refractivity contribution in [2.24, 2.45) is 0 Å². The average Bonchev–Trinajstić information content (AvgIpc) is 3.32. The van der Waals surface area contributed by atoms with Crippen LogP contribution in [-0.2, 0) is 25.7 Å². The molecule has 0 radical (unpaired) electrons. The van der Waals surface area contributed by atoms with Gasteiger partial charge in [0.15, 0.2) is 0 Å². The number of ether oxygens (including phenoxy) is 2. The van der Waals surface area contributed by atoms with Crippen LogP contribution in [0, 0.1) is 0 Å². The van der Waals surface area contributed by atoms with E-state index in [1.807, 2.05) is 36.5 Å². The van der Waals surface area contributed by atoms with Crippen LogP contribution >= 0.6 is 0 Å². The molecule has 4 rings (SSSR count). The zero-order valence-electron chi connectivity index (χ0n) is 22.8. The summed E-state index contributed by atoms with van der Waals surface area (Å²) in [5.41, 5.74) is 1.12. The van der Waals surface area contributed by atoms with Gasteiger partial charge in [0.05, 0.1) is 17.9 Å². The van der Waals surface area contributed by atoms with Crippen molar-refractivity contribution in [1.82, 2.24) is 14.9 Å². The minimum Gasteiger partial charge on any atom is -0.475 e. The lowest BCUT2D eigenvalue weighted by Gasteiger charge is -2.38. The van der Waals surface area contributed by atoms with Crippen molar-refractivity contribution >= 4 is 17.9 Å². The van der Waals surface area contributed by atoms with Crippen LogP contribution in [0.25, 0.3) is 0 Å². The molecule has 0 saturated carbocycles. The molecule has 11 nitrogen and oxygen atoms in total. The highest BCUT2D eigenvalue weighted by atomic mass is 19.4. The molecule has 0 amide bonds. The standard InChI is InChI=1S/C19H23N3O2.3C2HF3O2/c1-3-9-20-16(5-1)14-22-11-7-19(8-12-22)13-17(15-23-19)24-18-6-2-4-10-21-18;3*3-2(4,5)1(6)7/h1-6,9-10,17H,7-8,11-15H2;3*(H,6,7). The topological polar surface area (TPSA) is 159 Å². The second kappa shape index (κ2) is 16.8. The first-order chi connectivity index (χ1) is 20.6. The Morgan fingerprint density at radius 3 is 1.62 bits per heavy atom. The first-order valence-corrected chi connectivity index (χ1v) is 12.4. The summed E-state index contributed by atoms with van der Waals surface area (Å²) in [6.45, 7) is 3.68. The first kappa shape index (κ1) is 38.8. The smallest absolute Gasteiger partial charge is 0.475 e. The van der Waals surface area contributed by atoms with Crippen LogP contribution in [0.5, 0.6) is 5.88 Å². The second-order valence-corrected chi connectivity index (χ2v) is 9.11. The van der Waals surface area contributed by atoms with Gasteiger partial charge in [-0.05, 0) is 31.0 Å². The summed E-state index contributed by atoms with van der Waals surface area (Å²) in [7, 11) is 0. The lowest BCUT2D eigenvalue weighted by Crippen LogP contribution is -2.44. The SMILES string of the molecule is O=C(O)C(F)(F)F.O=C(O)C(F)(F)F.O=C(O)C(F)(F)F.c1ccc(CN2CCC3(CC2)CC(Oc2ccccn2)CO3)nc1. The van der Waals surface area contributed by atoms with Gasteiger partial charge in [0.1, 0.15) is 6.10 Å². The zero-order chi connectivity index (χ0) is 34.5. The summed E-state index contributed by atoms with van der Waals surface area (Å²) in [5.74, 6) is -7.58. The molecular formula is C25H26F9N3O8. The maximum absolute atomic E-state index is 10.6. The van der Waals surface area contributed by atoms with E-state index in [1.54, 1.807) is 6.20 Å². The van der Waals surface area contributed by atoms with E-state index in [0.29, 0.717) is 12.5 Å². The molecule has 1 unspecified atom stereocenters. The highest BCUT2D eigenvalue weighted by Gasteiger charge is 2.44. The quantitative estimate of drug-likeness (QED) is 0.392. The fourth-order valence-corrected chi connectivity index (χ4v) is 3.65. The molecule has 2 aliphatic heterocycles. The molecule has 2 aromatic heterocycles. The molecule has 2 aromatic rings. The van der Waals surface area contributed by atoms with E-state index in [-0.39, 0.29) is 11.7 Å². The van der Waals surface area contributed by atoms with Gasteiger partial charge in [-0.25, -0.2) is 19.4 Å². The minimum atomic E-state index is -5.08. The van der Waals surface area contributed by atoms with E-state index in [4.69, 9.17) is 39.2 Å². The monoisotopic (exact) mass is 667 g/mol. The van der Waals surface area contributed by atoms with E-state index in [0.717, 1.165) is 44.6 Å². The number of carboxylic acid groups (broad SMARTS) is 3. The molecule has 0 bridgehead atoms. The molecular weight excluding hydrogens is 641 g/mol. The summed E-state index contributed by atoms with van der Waals surface area (Å²) >= 11 is 0. The molecule has 2 fully saturated rings. The van der Waals surface area contributed by atoms with Gasteiger partial charge < -0.3 is 24.8 Å². The number of carbonyl (C=O) groups is 3. The predicted octanol–water partition coefficient (Wildman–Crippen LogP) is 4.58. The third-order valence-corrected chi connectivity index (χ3v) is 5.71. The van der Waals surface area contributed by atoms with Crippen molar-refractivity contribution in [1.29, 1.82) is 0 Å². The lowest BCUT2D eigenvalue weighted by molar-refractivity contribution is -0.193. The number of likely N-dealkylation sites (tertiary alicyclic amines) is 1. The number of alkyl halides is 9. The van der Waals surface area contributed by atoms with Gasteiger partial charge in [0.2, 0.25) is 5.88 Å². The maximum Gasteiger partial charge on any atom is 0.490 e. The molecule has 1 atom stereocenters. The Morgan fingerprint density at radius 2 is 1.24 bits per heavy atom. The first-order valence-electron chi connectivity index (χ1n) is 12.4. The summed E-state index contributed by atoms with van der Waals surface area (Å²) in [6, 6.07) is 11.9. The number of hydrogen-bond donors (Lipinski definition) is 3. The highest BCUT2D eigenvalue weighted by molar-refractivity contribution is 5.73. The lowest BCUT2D eigenvalue weighted by atomic mass is 9.88. The van der Waals surface area contributed by atoms with Gasteiger partial charge in [-0.1, -0.05) is 12.1 Å². The van der Waals surface area contributed by atoms with Crippen molar-refractivity contribution in [3.8, 4) is 5.88 Å². The Labute approximate surface area is 248 Å². The Bertz CT molecular complexity index is 1150. The van der Waals surface area contributed by atoms with Gasteiger partial charge in [-0.2, -0.15) is 39.5 Å². The van der Waals surface area contributed by atoms with Gasteiger partial charge in [0, 0.05) is 44.5 Å². The molecule has 4 heterocycles. The van der Waals surface area contributed by atoms with Crippen LogP contribution in [0.15, 0.2) is 48.8 Å². The van der Waals surface area contributed by atoms with Crippen molar-refractivity contribution in [3.05, 3.63) is 54.5 Å². The molecule has 20 heteroatoms. The second-order valence-electron chi connectivity index (χ2n) is 9.11. The Kier molecular flexibility index (Phi) is 14.5. The predicted molar refractivity (Wildman–Crippen MR) is 132 cm³/mol. The number of halogens is 9. The summed E-state index contributed by atoms with van der Waals surface area (Å²) < 4.78 is 107. The van der Waals surface area contributed by atoms with E-state index >= 15 is 0 Å². The number of pyridine rings is 2. The molecule has 1 spiro atoms. The van der Waals surface area contributed by atoms with Crippen LogP contribution in [0.4, 0.5) is 39.5 Å². The molecule has 0 aromatic carbocycles. The minimum absolute atomic E-state index is 0.0138. The normalized spacial score (nSPS) is 17.8. The number of nitrogens with zero attached hydrogens (tertiary/aromatic N) is 3. The van der Waals surface area contributed by atoms with Gasteiger partial charge in [0.25, 0.3) is 0 Å². The van der Waals surface area contributed by atoms with Crippen LogP contribution in [0.1, 0.15) is 25.0 Å². The average molecular weight is 667 g/mol. The fourth-order valence-electron chi connectivity index (χ4n) is 3.65. The summed E-state index contributed by atoms with van der Waals surface area (Å²) in [5, 5.41) is 21.4. The van der Waals surface area contributed by atoms with E-state index in [9.17, 15) is 39.5 Å².